The van der Waals surface area contributed by atoms with Gasteiger partial charge in [0.2, 0.25) is 5.91 Å². The SMILES string of the molecule is CC(C(N)=O)C1CCN(c2ccc(O)cc2)CC1c1ccccc1. The van der Waals surface area contributed by atoms with Crippen LogP contribution in [-0.2, 0) is 4.79 Å². The summed E-state index contributed by atoms with van der Waals surface area (Å²) < 4.78 is 0. The number of piperidine rings is 1. The first kappa shape index (κ1) is 16.4. The highest BCUT2D eigenvalue weighted by atomic mass is 16.3. The van der Waals surface area contributed by atoms with Crippen LogP contribution in [0.3, 0.4) is 0 Å². The Morgan fingerprint density at radius 3 is 2.46 bits per heavy atom. The standard InChI is InChI=1S/C20H24N2O2/c1-14(20(21)24)18-11-12-22(16-7-9-17(23)10-8-16)13-19(18)15-5-3-2-4-6-15/h2-10,14,18-19,23H,11-13H2,1H3,(H2,21,24). The zero-order valence-corrected chi connectivity index (χ0v) is 13.9. The van der Waals surface area contributed by atoms with Crippen molar-refractivity contribution in [1.29, 1.82) is 0 Å². The Labute approximate surface area is 142 Å². The summed E-state index contributed by atoms with van der Waals surface area (Å²) in [6.45, 7) is 3.67. The molecule has 3 rings (SSSR count). The van der Waals surface area contributed by atoms with Gasteiger partial charge in [-0.25, -0.2) is 0 Å². The van der Waals surface area contributed by atoms with Crippen LogP contribution < -0.4 is 10.6 Å². The Morgan fingerprint density at radius 2 is 1.83 bits per heavy atom. The van der Waals surface area contributed by atoms with E-state index in [0.29, 0.717) is 0 Å². The highest BCUT2D eigenvalue weighted by Crippen LogP contribution is 2.38. The molecule has 3 unspecified atom stereocenters. The number of primary amides is 1. The van der Waals surface area contributed by atoms with Gasteiger partial charge in [-0.2, -0.15) is 0 Å². The van der Waals surface area contributed by atoms with E-state index in [2.05, 4.69) is 17.0 Å². The van der Waals surface area contributed by atoms with Gasteiger partial charge < -0.3 is 15.7 Å². The summed E-state index contributed by atoms with van der Waals surface area (Å²) in [5.74, 6) is 0.418. The fourth-order valence-electron chi connectivity index (χ4n) is 3.73. The number of hydrogen-bond donors (Lipinski definition) is 2. The lowest BCUT2D eigenvalue weighted by molar-refractivity contribution is -0.123. The molecule has 0 aromatic heterocycles. The number of carbonyl (C=O) groups excluding carboxylic acids is 1. The third-order valence-corrected chi connectivity index (χ3v) is 5.20. The van der Waals surface area contributed by atoms with Crippen LogP contribution in [0.5, 0.6) is 5.75 Å². The minimum absolute atomic E-state index is 0.142. The molecule has 1 aliphatic heterocycles. The van der Waals surface area contributed by atoms with Gasteiger partial charge in [0, 0.05) is 30.6 Å². The molecule has 24 heavy (non-hydrogen) atoms. The second-order valence-corrected chi connectivity index (χ2v) is 6.62. The molecule has 0 spiro atoms. The number of phenolic OH excluding ortho intramolecular Hbond substituents is 1. The Kier molecular flexibility index (Phi) is 4.74. The van der Waals surface area contributed by atoms with E-state index in [4.69, 9.17) is 5.73 Å². The molecule has 1 amide bonds. The predicted octanol–water partition coefficient (Wildman–Crippen LogP) is 3.12. The lowest BCUT2D eigenvalue weighted by Gasteiger charge is -2.42. The number of anilines is 1. The number of amides is 1. The highest BCUT2D eigenvalue weighted by molar-refractivity contribution is 5.76. The molecule has 3 N–H and O–H groups in total. The van der Waals surface area contributed by atoms with Gasteiger partial charge >= 0.3 is 0 Å². The van der Waals surface area contributed by atoms with E-state index in [1.54, 1.807) is 12.1 Å². The second kappa shape index (κ2) is 6.95. The van der Waals surface area contributed by atoms with Gasteiger partial charge in [0.15, 0.2) is 0 Å². The number of hydrogen-bond acceptors (Lipinski definition) is 3. The van der Waals surface area contributed by atoms with Crippen molar-refractivity contribution in [2.45, 2.75) is 19.3 Å². The number of carbonyl (C=O) groups is 1. The number of phenols is 1. The molecule has 4 heteroatoms. The lowest BCUT2D eigenvalue weighted by Crippen LogP contribution is -2.44. The van der Waals surface area contributed by atoms with E-state index >= 15 is 0 Å². The van der Waals surface area contributed by atoms with Crippen LogP contribution in [0.2, 0.25) is 0 Å². The number of rotatable bonds is 4. The van der Waals surface area contributed by atoms with Crippen molar-refractivity contribution in [3.8, 4) is 5.75 Å². The van der Waals surface area contributed by atoms with E-state index in [0.717, 1.165) is 25.2 Å². The number of benzene rings is 2. The van der Waals surface area contributed by atoms with E-state index in [-0.39, 0.29) is 29.4 Å². The van der Waals surface area contributed by atoms with Crippen LogP contribution in [0.4, 0.5) is 5.69 Å². The molecule has 0 saturated carbocycles. The predicted molar refractivity (Wildman–Crippen MR) is 96.0 cm³/mol. The van der Waals surface area contributed by atoms with Crippen molar-refractivity contribution in [2.75, 3.05) is 18.0 Å². The van der Waals surface area contributed by atoms with Gasteiger partial charge in [-0.1, -0.05) is 37.3 Å². The summed E-state index contributed by atoms with van der Waals surface area (Å²) in [5, 5.41) is 9.49. The van der Waals surface area contributed by atoms with Crippen molar-refractivity contribution in [2.24, 2.45) is 17.6 Å². The normalized spacial score (nSPS) is 22.1. The molecule has 3 atom stereocenters. The Morgan fingerprint density at radius 1 is 1.17 bits per heavy atom. The lowest BCUT2D eigenvalue weighted by atomic mass is 9.74. The summed E-state index contributed by atoms with van der Waals surface area (Å²) in [6, 6.07) is 17.7. The maximum atomic E-state index is 11.7. The van der Waals surface area contributed by atoms with Crippen LogP contribution in [0.25, 0.3) is 0 Å². The Bertz CT molecular complexity index is 685. The third-order valence-electron chi connectivity index (χ3n) is 5.20. The molecule has 1 saturated heterocycles. The van der Waals surface area contributed by atoms with E-state index in [1.807, 2.05) is 37.3 Å². The maximum absolute atomic E-state index is 11.7. The summed E-state index contributed by atoms with van der Waals surface area (Å²) in [6.07, 6.45) is 0.921. The minimum Gasteiger partial charge on any atom is -0.508 e. The van der Waals surface area contributed by atoms with Crippen LogP contribution in [0.1, 0.15) is 24.8 Å². The summed E-state index contributed by atoms with van der Waals surface area (Å²) in [4.78, 5) is 14.1. The molecule has 0 radical (unpaired) electrons. The Balaban J connectivity index is 1.88. The first-order valence-corrected chi connectivity index (χ1v) is 8.44. The van der Waals surface area contributed by atoms with Gasteiger partial charge in [-0.3, -0.25) is 4.79 Å². The number of nitrogens with two attached hydrogens (primary N) is 1. The van der Waals surface area contributed by atoms with Crippen LogP contribution in [0.15, 0.2) is 54.6 Å². The van der Waals surface area contributed by atoms with E-state index < -0.39 is 0 Å². The zero-order chi connectivity index (χ0) is 17.1. The molecule has 4 nitrogen and oxygen atoms in total. The summed E-state index contributed by atoms with van der Waals surface area (Å²) in [5.41, 5.74) is 7.93. The van der Waals surface area contributed by atoms with Crippen molar-refractivity contribution < 1.29 is 9.90 Å². The summed E-state index contributed by atoms with van der Waals surface area (Å²) in [7, 11) is 0. The van der Waals surface area contributed by atoms with Crippen LogP contribution in [0, 0.1) is 11.8 Å². The van der Waals surface area contributed by atoms with Gasteiger partial charge in [-0.05, 0) is 42.2 Å². The quantitative estimate of drug-likeness (QED) is 0.908. The van der Waals surface area contributed by atoms with Gasteiger partial charge in [-0.15, -0.1) is 0 Å². The van der Waals surface area contributed by atoms with Crippen LogP contribution >= 0.6 is 0 Å². The second-order valence-electron chi connectivity index (χ2n) is 6.62. The monoisotopic (exact) mass is 324 g/mol. The zero-order valence-electron chi connectivity index (χ0n) is 13.9. The van der Waals surface area contributed by atoms with Crippen LogP contribution in [-0.4, -0.2) is 24.1 Å². The highest BCUT2D eigenvalue weighted by Gasteiger charge is 2.35. The fourth-order valence-corrected chi connectivity index (χ4v) is 3.73. The molecule has 1 aliphatic rings. The van der Waals surface area contributed by atoms with Crippen molar-refractivity contribution in [3.05, 3.63) is 60.2 Å². The smallest absolute Gasteiger partial charge is 0.220 e. The van der Waals surface area contributed by atoms with Crippen molar-refractivity contribution in [1.82, 2.24) is 0 Å². The minimum atomic E-state index is -0.223. The molecule has 2 aromatic carbocycles. The molecule has 0 bridgehead atoms. The van der Waals surface area contributed by atoms with Gasteiger partial charge in [0.25, 0.3) is 0 Å². The molecular formula is C20H24N2O2. The Hall–Kier alpha value is -2.49. The number of nitrogens with zero attached hydrogens (tertiary/aromatic N) is 1. The molecule has 2 aromatic rings. The first-order chi connectivity index (χ1) is 11.6. The first-order valence-electron chi connectivity index (χ1n) is 8.44. The number of aromatic hydroxyl groups is 1. The van der Waals surface area contributed by atoms with Gasteiger partial charge in [0.1, 0.15) is 5.75 Å². The van der Waals surface area contributed by atoms with E-state index in [9.17, 15) is 9.90 Å². The maximum Gasteiger partial charge on any atom is 0.220 e. The molecular weight excluding hydrogens is 300 g/mol. The van der Waals surface area contributed by atoms with Crippen molar-refractivity contribution in [3.63, 3.8) is 0 Å². The molecule has 0 aliphatic carbocycles. The fraction of sp³-hybridized carbons (Fsp3) is 0.350. The largest absolute Gasteiger partial charge is 0.508 e. The average molecular weight is 324 g/mol. The third kappa shape index (κ3) is 3.37. The van der Waals surface area contributed by atoms with Crippen molar-refractivity contribution >= 4 is 11.6 Å². The summed E-state index contributed by atoms with van der Waals surface area (Å²) >= 11 is 0. The molecule has 1 fully saturated rings. The molecule has 1 heterocycles. The van der Waals surface area contributed by atoms with E-state index in [1.165, 1.54) is 5.56 Å². The average Bonchev–Trinajstić information content (AvgIpc) is 2.62. The topological polar surface area (TPSA) is 66.6 Å². The van der Waals surface area contributed by atoms with Gasteiger partial charge in [0.05, 0.1) is 0 Å². The molecule has 126 valence electrons.